The van der Waals surface area contributed by atoms with E-state index in [2.05, 4.69) is 4.98 Å². The summed E-state index contributed by atoms with van der Waals surface area (Å²) >= 11 is 5.77. The minimum atomic E-state index is -1.27. The number of benzene rings is 2. The van der Waals surface area contributed by atoms with Gasteiger partial charge >= 0.3 is 0 Å². The molecule has 2 aromatic carbocycles. The van der Waals surface area contributed by atoms with E-state index in [9.17, 15) is 9.18 Å². The lowest BCUT2D eigenvalue weighted by molar-refractivity contribution is 0.0382. The third kappa shape index (κ3) is 5.01. The molecule has 3 aromatic rings. The molecule has 0 bridgehead atoms. The predicted molar refractivity (Wildman–Crippen MR) is 118 cm³/mol. The normalized spacial score (nSPS) is 15.9. The number of amides is 1. The maximum absolute atomic E-state index is 15.2. The number of hydrogen-bond donors (Lipinski definition) is 1. The highest BCUT2D eigenvalue weighted by atomic mass is 35.5. The van der Waals surface area contributed by atoms with Crippen LogP contribution in [-0.2, 0) is 0 Å². The van der Waals surface area contributed by atoms with Crippen LogP contribution >= 0.6 is 11.6 Å². The number of nitrogens with zero attached hydrogens (tertiary/aromatic N) is 1. The molecule has 4 rings (SSSR count). The summed E-state index contributed by atoms with van der Waals surface area (Å²) in [4.78, 5) is 17.4. The van der Waals surface area contributed by atoms with E-state index in [4.69, 9.17) is 16.3 Å². The molecular weight excluding hydrogens is 422 g/mol. The van der Waals surface area contributed by atoms with Crippen LogP contribution in [0.1, 0.15) is 42.5 Å². The van der Waals surface area contributed by atoms with Crippen molar-refractivity contribution in [2.24, 2.45) is 0 Å². The second-order valence-electron chi connectivity index (χ2n) is 8.07. The van der Waals surface area contributed by atoms with Crippen LogP contribution in [0.5, 0.6) is 5.75 Å². The summed E-state index contributed by atoms with van der Waals surface area (Å²) < 4.78 is 34.4. The molecule has 1 N–H and O–H groups in total. The molecule has 0 atom stereocenters. The number of carbonyl (C=O) groups is 1. The molecule has 4 nitrogen and oxygen atoms in total. The van der Waals surface area contributed by atoms with E-state index in [-0.39, 0.29) is 10.9 Å². The Morgan fingerprint density at radius 2 is 1.97 bits per heavy atom. The van der Waals surface area contributed by atoms with E-state index in [1.54, 1.807) is 4.90 Å². The molecule has 1 saturated heterocycles. The van der Waals surface area contributed by atoms with Crippen LogP contribution in [0.4, 0.5) is 8.78 Å². The van der Waals surface area contributed by atoms with Gasteiger partial charge in [-0.25, -0.2) is 8.78 Å². The first-order chi connectivity index (χ1) is 15.0. The first kappa shape index (κ1) is 21.6. The van der Waals surface area contributed by atoms with Crippen LogP contribution in [-0.4, -0.2) is 41.2 Å². The zero-order valence-corrected chi connectivity index (χ0v) is 17.9. The molecule has 0 spiro atoms. The van der Waals surface area contributed by atoms with Crippen molar-refractivity contribution in [1.82, 2.24) is 9.88 Å². The molecule has 1 aliphatic rings. The van der Waals surface area contributed by atoms with E-state index in [1.165, 1.54) is 18.2 Å². The molecule has 1 amide bonds. The van der Waals surface area contributed by atoms with Crippen LogP contribution in [0.2, 0.25) is 5.02 Å². The van der Waals surface area contributed by atoms with E-state index < -0.39 is 11.5 Å². The third-order valence-electron chi connectivity index (χ3n) is 5.94. The van der Waals surface area contributed by atoms with Crippen molar-refractivity contribution < 1.29 is 18.3 Å². The quantitative estimate of drug-likeness (QED) is 0.442. The highest BCUT2D eigenvalue weighted by molar-refractivity contribution is 6.31. The Balaban J connectivity index is 1.21. The molecule has 0 radical (unpaired) electrons. The lowest BCUT2D eigenvalue weighted by Gasteiger charge is -2.36. The minimum absolute atomic E-state index is 0.0855. The minimum Gasteiger partial charge on any atom is -0.493 e. The summed E-state index contributed by atoms with van der Waals surface area (Å²) in [5.74, 6) is 0.0334. The van der Waals surface area contributed by atoms with Gasteiger partial charge in [0.25, 0.3) is 5.91 Å². The van der Waals surface area contributed by atoms with Crippen LogP contribution < -0.4 is 4.74 Å². The summed E-state index contributed by atoms with van der Waals surface area (Å²) in [6.45, 7) is 1.23. The Kier molecular flexibility index (Phi) is 6.46. The zero-order chi connectivity index (χ0) is 21.8. The first-order valence-electron chi connectivity index (χ1n) is 10.6. The summed E-state index contributed by atoms with van der Waals surface area (Å²) in [6, 6.07) is 11.8. The molecule has 0 aliphatic carbocycles. The number of likely N-dealkylation sites (tertiary alicyclic amines) is 1. The van der Waals surface area contributed by atoms with Gasteiger partial charge in [0, 0.05) is 35.8 Å². The fraction of sp³-hybridized carbons (Fsp3) is 0.375. The molecule has 0 saturated carbocycles. The van der Waals surface area contributed by atoms with E-state index in [0.717, 1.165) is 29.5 Å². The molecular formula is C24H25ClF2N2O2. The summed E-state index contributed by atoms with van der Waals surface area (Å²) in [7, 11) is 0. The Morgan fingerprint density at radius 3 is 2.74 bits per heavy atom. The monoisotopic (exact) mass is 446 g/mol. The Labute approximate surface area is 185 Å². The number of halogens is 3. The van der Waals surface area contributed by atoms with Crippen molar-refractivity contribution >= 4 is 28.4 Å². The number of nitrogens with one attached hydrogen (secondary N) is 1. The van der Waals surface area contributed by atoms with Crippen molar-refractivity contribution in [3.63, 3.8) is 0 Å². The average molecular weight is 447 g/mol. The van der Waals surface area contributed by atoms with Gasteiger partial charge in [0.2, 0.25) is 0 Å². The van der Waals surface area contributed by atoms with Gasteiger partial charge in [-0.3, -0.25) is 4.79 Å². The van der Waals surface area contributed by atoms with Gasteiger partial charge in [0.05, 0.1) is 11.6 Å². The molecule has 1 aliphatic heterocycles. The van der Waals surface area contributed by atoms with Crippen molar-refractivity contribution in [2.45, 2.75) is 37.8 Å². The number of piperidine rings is 1. The standard InChI is InChI=1S/C24H25ClF2N2O2/c25-19-16-17(6-7-20(19)26)23(30)29-13-10-24(27,11-14-29)9-1-2-15-31-22-5-3-4-21-18(22)8-12-28-21/h3-8,12,16,28H,1-2,9-11,13-15H2. The topological polar surface area (TPSA) is 45.3 Å². The first-order valence-corrected chi connectivity index (χ1v) is 11.0. The van der Waals surface area contributed by atoms with Crippen LogP contribution in [0, 0.1) is 5.82 Å². The highest BCUT2D eigenvalue weighted by Crippen LogP contribution is 2.33. The number of unbranched alkanes of at least 4 members (excludes halogenated alkanes) is 1. The Morgan fingerprint density at radius 1 is 1.16 bits per heavy atom. The van der Waals surface area contributed by atoms with Gasteiger partial charge in [0.15, 0.2) is 0 Å². The molecule has 2 heterocycles. The summed E-state index contributed by atoms with van der Waals surface area (Å²) in [5.41, 5.74) is 0.0921. The van der Waals surface area contributed by atoms with Crippen molar-refractivity contribution in [1.29, 1.82) is 0 Å². The van der Waals surface area contributed by atoms with Crippen LogP contribution in [0.25, 0.3) is 10.9 Å². The third-order valence-corrected chi connectivity index (χ3v) is 6.23. The van der Waals surface area contributed by atoms with Crippen molar-refractivity contribution in [3.8, 4) is 5.75 Å². The van der Waals surface area contributed by atoms with Crippen LogP contribution in [0.3, 0.4) is 0 Å². The second-order valence-corrected chi connectivity index (χ2v) is 8.48. The smallest absolute Gasteiger partial charge is 0.253 e. The largest absolute Gasteiger partial charge is 0.493 e. The fourth-order valence-corrected chi connectivity index (χ4v) is 4.26. The number of rotatable bonds is 7. The van der Waals surface area contributed by atoms with Crippen LogP contribution in [0.15, 0.2) is 48.7 Å². The highest BCUT2D eigenvalue weighted by Gasteiger charge is 2.35. The number of ether oxygens (including phenoxy) is 1. The summed E-state index contributed by atoms with van der Waals surface area (Å²) in [5, 5.41) is 0.960. The molecule has 1 aromatic heterocycles. The maximum atomic E-state index is 15.2. The van der Waals surface area contributed by atoms with Gasteiger partial charge < -0.3 is 14.6 Å². The lowest BCUT2D eigenvalue weighted by Crippen LogP contribution is -2.44. The number of alkyl halides is 1. The zero-order valence-electron chi connectivity index (χ0n) is 17.2. The second kappa shape index (κ2) is 9.27. The summed E-state index contributed by atoms with van der Waals surface area (Å²) in [6.07, 6.45) is 4.43. The molecule has 0 unspecified atom stereocenters. The van der Waals surface area contributed by atoms with Gasteiger partial charge in [-0.1, -0.05) is 17.7 Å². The Bertz CT molecular complexity index is 1060. The number of hydrogen-bond acceptors (Lipinski definition) is 2. The number of fused-ring (bicyclic) bond motifs is 1. The van der Waals surface area contributed by atoms with Crippen molar-refractivity contribution in [2.75, 3.05) is 19.7 Å². The van der Waals surface area contributed by atoms with Gasteiger partial charge in [-0.15, -0.1) is 0 Å². The number of H-pyrrole nitrogens is 1. The SMILES string of the molecule is O=C(c1ccc(F)c(Cl)c1)N1CCC(F)(CCCCOc2cccc3[nH]ccc23)CC1. The molecule has 7 heteroatoms. The molecule has 164 valence electrons. The van der Waals surface area contributed by atoms with E-state index in [0.29, 0.717) is 44.5 Å². The lowest BCUT2D eigenvalue weighted by atomic mass is 9.88. The van der Waals surface area contributed by atoms with Crippen molar-refractivity contribution in [3.05, 3.63) is 65.1 Å². The Hall–Kier alpha value is -2.60. The molecule has 31 heavy (non-hydrogen) atoms. The van der Waals surface area contributed by atoms with Gasteiger partial charge in [-0.2, -0.15) is 0 Å². The average Bonchev–Trinajstić information content (AvgIpc) is 3.25. The number of aromatic nitrogens is 1. The number of carbonyl (C=O) groups excluding carboxylic acids is 1. The van der Waals surface area contributed by atoms with Gasteiger partial charge in [0.1, 0.15) is 17.2 Å². The predicted octanol–water partition coefficient (Wildman–Crippen LogP) is 6.15. The fourth-order valence-electron chi connectivity index (χ4n) is 4.08. The maximum Gasteiger partial charge on any atom is 0.253 e. The van der Waals surface area contributed by atoms with E-state index >= 15 is 4.39 Å². The molecule has 1 fully saturated rings. The van der Waals surface area contributed by atoms with Gasteiger partial charge in [-0.05, 0) is 68.5 Å². The number of aromatic amines is 1. The van der Waals surface area contributed by atoms with E-state index in [1.807, 2.05) is 30.5 Å².